The van der Waals surface area contributed by atoms with Gasteiger partial charge in [-0.2, -0.15) is 5.10 Å². The van der Waals surface area contributed by atoms with E-state index in [9.17, 15) is 9.18 Å². The normalized spacial score (nSPS) is 10.9. The fraction of sp³-hybridized carbons (Fsp3) is 0.200. The van der Waals surface area contributed by atoms with E-state index in [4.69, 9.17) is 0 Å². The number of thioether (sulfide) groups is 1. The summed E-state index contributed by atoms with van der Waals surface area (Å²) in [6.45, 7) is 0.367. The van der Waals surface area contributed by atoms with Crippen LogP contribution in [-0.2, 0) is 18.4 Å². The Hall–Kier alpha value is -2.48. The molecule has 0 aliphatic heterocycles. The zero-order chi connectivity index (χ0) is 16.2. The Balaban J connectivity index is 1.57. The average molecular weight is 331 g/mol. The molecule has 0 radical (unpaired) electrons. The van der Waals surface area contributed by atoms with Crippen LogP contribution in [0.1, 0.15) is 5.56 Å². The van der Waals surface area contributed by atoms with Crippen molar-refractivity contribution in [2.45, 2.75) is 11.6 Å². The van der Waals surface area contributed by atoms with Crippen LogP contribution in [0.2, 0.25) is 0 Å². The van der Waals surface area contributed by atoms with Gasteiger partial charge in [0.1, 0.15) is 17.2 Å². The lowest BCUT2D eigenvalue weighted by Gasteiger charge is -2.05. The Morgan fingerprint density at radius 2 is 2.09 bits per heavy atom. The second-order valence-corrected chi connectivity index (χ2v) is 5.84. The van der Waals surface area contributed by atoms with E-state index in [-0.39, 0.29) is 17.5 Å². The number of rotatable bonds is 5. The van der Waals surface area contributed by atoms with Gasteiger partial charge in [-0.05, 0) is 17.7 Å². The second kappa shape index (κ2) is 6.74. The number of aryl methyl sites for hydroxylation is 1. The van der Waals surface area contributed by atoms with Crippen LogP contribution in [0, 0.1) is 5.82 Å². The fourth-order valence-electron chi connectivity index (χ4n) is 2.04. The maximum Gasteiger partial charge on any atom is 0.230 e. The molecule has 0 fully saturated rings. The van der Waals surface area contributed by atoms with E-state index in [1.54, 1.807) is 30.1 Å². The molecule has 0 aliphatic carbocycles. The summed E-state index contributed by atoms with van der Waals surface area (Å²) in [5.74, 6) is -0.169. The zero-order valence-electron chi connectivity index (χ0n) is 12.4. The maximum atomic E-state index is 12.8. The number of hydrogen-bond donors (Lipinski definition) is 1. The number of nitrogens with zero attached hydrogens (tertiary/aromatic N) is 4. The van der Waals surface area contributed by atoms with Crippen molar-refractivity contribution < 1.29 is 9.18 Å². The van der Waals surface area contributed by atoms with Crippen LogP contribution >= 0.6 is 11.8 Å². The molecule has 0 spiro atoms. The van der Waals surface area contributed by atoms with Gasteiger partial charge in [-0.3, -0.25) is 9.48 Å². The van der Waals surface area contributed by atoms with Crippen molar-refractivity contribution in [1.82, 2.24) is 25.1 Å². The van der Waals surface area contributed by atoms with Crippen LogP contribution in [-0.4, -0.2) is 31.4 Å². The average Bonchev–Trinajstić information content (AvgIpc) is 2.94. The van der Waals surface area contributed by atoms with Gasteiger partial charge < -0.3 is 5.32 Å². The summed E-state index contributed by atoms with van der Waals surface area (Å²) < 4.78 is 14.5. The molecule has 118 valence electrons. The topological polar surface area (TPSA) is 72.7 Å². The predicted molar refractivity (Wildman–Crippen MR) is 85.3 cm³/mol. The van der Waals surface area contributed by atoms with E-state index < -0.39 is 0 Å². The minimum atomic E-state index is -0.292. The van der Waals surface area contributed by atoms with Crippen LogP contribution in [0.15, 0.2) is 41.8 Å². The number of nitrogens with one attached hydrogen (secondary N) is 1. The number of fused-ring (bicyclic) bond motifs is 1. The van der Waals surface area contributed by atoms with E-state index in [1.807, 2.05) is 0 Å². The number of carbonyl (C=O) groups is 1. The number of carbonyl (C=O) groups excluding carboxylic acids is 1. The lowest BCUT2D eigenvalue weighted by Crippen LogP contribution is -2.24. The summed E-state index contributed by atoms with van der Waals surface area (Å²) >= 11 is 1.33. The van der Waals surface area contributed by atoms with Crippen molar-refractivity contribution in [3.63, 3.8) is 0 Å². The Morgan fingerprint density at radius 3 is 2.87 bits per heavy atom. The predicted octanol–water partition coefficient (Wildman–Crippen LogP) is 1.91. The molecule has 0 unspecified atom stereocenters. The zero-order valence-corrected chi connectivity index (χ0v) is 13.2. The van der Waals surface area contributed by atoms with Gasteiger partial charge in [0.25, 0.3) is 0 Å². The monoisotopic (exact) mass is 331 g/mol. The van der Waals surface area contributed by atoms with Crippen molar-refractivity contribution >= 4 is 28.7 Å². The van der Waals surface area contributed by atoms with E-state index in [0.717, 1.165) is 21.6 Å². The third-order valence-corrected chi connectivity index (χ3v) is 4.24. The number of halogens is 1. The molecule has 8 heteroatoms. The summed E-state index contributed by atoms with van der Waals surface area (Å²) in [7, 11) is 1.80. The summed E-state index contributed by atoms with van der Waals surface area (Å²) in [6, 6.07) is 6.03. The Labute approximate surface area is 136 Å². The van der Waals surface area contributed by atoms with Crippen molar-refractivity contribution in [3.8, 4) is 0 Å². The number of hydrogen-bond acceptors (Lipinski definition) is 5. The molecule has 0 bridgehead atoms. The Kier molecular flexibility index (Phi) is 4.52. The smallest absolute Gasteiger partial charge is 0.230 e. The molecular weight excluding hydrogens is 317 g/mol. The first-order chi connectivity index (χ1) is 11.1. The van der Waals surface area contributed by atoms with Crippen molar-refractivity contribution in [2.24, 2.45) is 7.05 Å². The minimum Gasteiger partial charge on any atom is -0.351 e. The first-order valence-electron chi connectivity index (χ1n) is 6.90. The third-order valence-electron chi connectivity index (χ3n) is 3.24. The Bertz CT molecular complexity index is 834. The van der Waals surface area contributed by atoms with Gasteiger partial charge >= 0.3 is 0 Å². The summed E-state index contributed by atoms with van der Waals surface area (Å²) in [5, 5.41) is 8.48. The molecule has 0 saturated heterocycles. The molecule has 1 N–H and O–H groups in total. The van der Waals surface area contributed by atoms with Gasteiger partial charge in [0.05, 0.1) is 17.3 Å². The van der Waals surface area contributed by atoms with E-state index >= 15 is 0 Å². The molecule has 3 rings (SSSR count). The first-order valence-corrected chi connectivity index (χ1v) is 7.88. The summed E-state index contributed by atoms with van der Waals surface area (Å²) in [5.41, 5.74) is 1.58. The highest BCUT2D eigenvalue weighted by Gasteiger charge is 2.10. The fourth-order valence-corrected chi connectivity index (χ4v) is 2.83. The van der Waals surface area contributed by atoms with Crippen molar-refractivity contribution in [2.75, 3.05) is 5.75 Å². The molecule has 23 heavy (non-hydrogen) atoms. The molecule has 6 nitrogen and oxygen atoms in total. The molecule has 0 aliphatic rings. The molecule has 1 aromatic carbocycles. The van der Waals surface area contributed by atoms with Crippen molar-refractivity contribution in [3.05, 3.63) is 48.2 Å². The number of amides is 1. The second-order valence-electron chi connectivity index (χ2n) is 4.88. The standard InChI is InChI=1S/C15H14FN5OS/c1-21-14-12(7-20-21)15(19-9-18-14)23-8-13(22)17-6-10-2-4-11(16)5-3-10/h2-5,7,9H,6,8H2,1H3,(H,17,22). The van der Waals surface area contributed by atoms with E-state index in [0.29, 0.717) is 6.54 Å². The first kappa shape index (κ1) is 15.4. The number of benzene rings is 1. The van der Waals surface area contributed by atoms with E-state index in [2.05, 4.69) is 20.4 Å². The van der Waals surface area contributed by atoms with Gasteiger partial charge in [-0.1, -0.05) is 23.9 Å². The van der Waals surface area contributed by atoms with Gasteiger partial charge in [0, 0.05) is 13.6 Å². The van der Waals surface area contributed by atoms with Gasteiger partial charge in [0.15, 0.2) is 5.65 Å². The lowest BCUT2D eigenvalue weighted by atomic mass is 10.2. The van der Waals surface area contributed by atoms with Crippen LogP contribution in [0.4, 0.5) is 4.39 Å². The summed E-state index contributed by atoms with van der Waals surface area (Å²) in [6.07, 6.45) is 3.15. The van der Waals surface area contributed by atoms with Crippen LogP contribution in [0.25, 0.3) is 11.0 Å². The maximum absolute atomic E-state index is 12.8. The van der Waals surface area contributed by atoms with Crippen molar-refractivity contribution in [1.29, 1.82) is 0 Å². The highest BCUT2D eigenvalue weighted by Crippen LogP contribution is 2.23. The van der Waals surface area contributed by atoms with Crippen LogP contribution in [0.5, 0.6) is 0 Å². The van der Waals surface area contributed by atoms with Crippen LogP contribution in [0.3, 0.4) is 0 Å². The molecule has 2 heterocycles. The number of aromatic nitrogens is 4. The van der Waals surface area contributed by atoms with Gasteiger partial charge in [-0.25, -0.2) is 14.4 Å². The highest BCUT2D eigenvalue weighted by molar-refractivity contribution is 8.00. The molecular formula is C15H14FN5OS. The molecule has 0 saturated carbocycles. The van der Waals surface area contributed by atoms with Gasteiger partial charge in [0.2, 0.25) is 5.91 Å². The third kappa shape index (κ3) is 3.65. The van der Waals surface area contributed by atoms with Gasteiger partial charge in [-0.15, -0.1) is 0 Å². The SMILES string of the molecule is Cn1ncc2c(SCC(=O)NCc3ccc(F)cc3)ncnc21. The summed E-state index contributed by atoms with van der Waals surface area (Å²) in [4.78, 5) is 20.3. The van der Waals surface area contributed by atoms with E-state index in [1.165, 1.54) is 30.2 Å². The molecule has 0 atom stereocenters. The Morgan fingerprint density at radius 1 is 1.30 bits per heavy atom. The van der Waals surface area contributed by atoms with Crippen LogP contribution < -0.4 is 5.32 Å². The molecule has 2 aromatic heterocycles. The lowest BCUT2D eigenvalue weighted by molar-refractivity contribution is -0.118. The molecule has 3 aromatic rings. The highest BCUT2D eigenvalue weighted by atomic mass is 32.2. The minimum absolute atomic E-state index is 0.116. The molecule has 1 amide bonds. The largest absolute Gasteiger partial charge is 0.351 e. The quantitative estimate of drug-likeness (QED) is 0.571.